The number of methoxy groups -OCH3 is 1. The predicted octanol–water partition coefficient (Wildman–Crippen LogP) is 2.77. The summed E-state index contributed by atoms with van der Waals surface area (Å²) in [5.41, 5.74) is 0.225. The molecule has 1 aromatic rings. The standard InChI is InChI=1S/C15H23NO2S/c1-17-12-15-6-3-8-18-14(15)5-7-16(11-15)10-13-4-2-9-19-13/h2,4,9,14H,3,5-8,10-12H2,1H3/t14-,15-/m0/s1. The monoisotopic (exact) mass is 281 g/mol. The number of rotatable bonds is 4. The van der Waals surface area contributed by atoms with Crippen LogP contribution in [0.2, 0.25) is 0 Å². The van der Waals surface area contributed by atoms with Gasteiger partial charge in [-0.05, 0) is 30.7 Å². The highest BCUT2D eigenvalue weighted by Gasteiger charge is 2.45. The number of ether oxygens (including phenoxy) is 2. The Kier molecular flexibility index (Phi) is 4.22. The number of hydrogen-bond acceptors (Lipinski definition) is 4. The molecule has 0 aromatic carbocycles. The van der Waals surface area contributed by atoms with Crippen molar-refractivity contribution in [2.75, 3.05) is 33.4 Å². The van der Waals surface area contributed by atoms with E-state index in [1.807, 2.05) is 18.4 Å². The summed E-state index contributed by atoms with van der Waals surface area (Å²) < 4.78 is 11.5. The number of piperidine rings is 1. The first kappa shape index (κ1) is 13.6. The van der Waals surface area contributed by atoms with Gasteiger partial charge >= 0.3 is 0 Å². The molecular weight excluding hydrogens is 258 g/mol. The molecular formula is C15H23NO2S. The Balaban J connectivity index is 1.69. The lowest BCUT2D eigenvalue weighted by atomic mass is 9.73. The van der Waals surface area contributed by atoms with Crippen LogP contribution < -0.4 is 0 Å². The summed E-state index contributed by atoms with van der Waals surface area (Å²) in [7, 11) is 1.82. The molecule has 3 nitrogen and oxygen atoms in total. The van der Waals surface area contributed by atoms with Gasteiger partial charge in [-0.3, -0.25) is 4.90 Å². The molecule has 2 aliphatic rings. The quantitative estimate of drug-likeness (QED) is 0.847. The normalized spacial score (nSPS) is 32.2. The maximum atomic E-state index is 6.02. The fourth-order valence-corrected chi connectivity index (χ4v) is 4.38. The topological polar surface area (TPSA) is 21.7 Å². The highest BCUT2D eigenvalue weighted by Crippen LogP contribution is 2.40. The lowest BCUT2D eigenvalue weighted by molar-refractivity contribution is -0.149. The van der Waals surface area contributed by atoms with Crippen LogP contribution in [-0.2, 0) is 16.0 Å². The molecule has 3 heterocycles. The smallest absolute Gasteiger partial charge is 0.0677 e. The van der Waals surface area contributed by atoms with Gasteiger partial charge < -0.3 is 9.47 Å². The molecule has 1 aromatic heterocycles. The van der Waals surface area contributed by atoms with Gasteiger partial charge in [-0.15, -0.1) is 11.3 Å². The zero-order chi connectivity index (χ0) is 13.1. The Morgan fingerprint density at radius 3 is 3.32 bits per heavy atom. The summed E-state index contributed by atoms with van der Waals surface area (Å²) in [6, 6.07) is 4.37. The SMILES string of the molecule is COC[C@@]12CCCO[C@H]1CCN(Cc1cccs1)C2. The van der Waals surface area contributed by atoms with Crippen LogP contribution in [0.3, 0.4) is 0 Å². The molecule has 0 aliphatic carbocycles. The molecule has 2 aliphatic heterocycles. The molecule has 0 saturated carbocycles. The highest BCUT2D eigenvalue weighted by molar-refractivity contribution is 7.09. The fraction of sp³-hybridized carbons (Fsp3) is 0.733. The third-order valence-electron chi connectivity index (χ3n) is 4.46. The summed E-state index contributed by atoms with van der Waals surface area (Å²) >= 11 is 1.85. The minimum atomic E-state index is 0.225. The molecule has 0 amide bonds. The summed E-state index contributed by atoms with van der Waals surface area (Å²) in [6.45, 7) is 5.10. The van der Waals surface area contributed by atoms with Crippen molar-refractivity contribution < 1.29 is 9.47 Å². The maximum absolute atomic E-state index is 6.02. The number of thiophene rings is 1. The molecule has 3 rings (SSSR count). The Hall–Kier alpha value is -0.420. The van der Waals surface area contributed by atoms with E-state index < -0.39 is 0 Å². The summed E-state index contributed by atoms with van der Waals surface area (Å²) in [5.74, 6) is 0. The van der Waals surface area contributed by atoms with E-state index in [9.17, 15) is 0 Å². The fourth-order valence-electron chi connectivity index (χ4n) is 3.64. The van der Waals surface area contributed by atoms with Gasteiger partial charge in [0, 0.05) is 43.6 Å². The predicted molar refractivity (Wildman–Crippen MR) is 77.5 cm³/mol. The first-order chi connectivity index (χ1) is 9.32. The second-order valence-corrected chi connectivity index (χ2v) is 6.87. The Bertz CT molecular complexity index is 391. The zero-order valence-electron chi connectivity index (χ0n) is 11.6. The van der Waals surface area contributed by atoms with Crippen LogP contribution in [0.25, 0.3) is 0 Å². The number of likely N-dealkylation sites (tertiary alicyclic amines) is 1. The number of fused-ring (bicyclic) bond motifs is 1. The van der Waals surface area contributed by atoms with Gasteiger partial charge in [0.15, 0.2) is 0 Å². The minimum Gasteiger partial charge on any atom is -0.384 e. The first-order valence-electron chi connectivity index (χ1n) is 7.18. The van der Waals surface area contributed by atoms with Crippen molar-refractivity contribution in [3.05, 3.63) is 22.4 Å². The van der Waals surface area contributed by atoms with Gasteiger partial charge in [0.2, 0.25) is 0 Å². The molecule has 0 spiro atoms. The lowest BCUT2D eigenvalue weighted by Gasteiger charge is -2.50. The minimum absolute atomic E-state index is 0.225. The van der Waals surface area contributed by atoms with Gasteiger partial charge in [-0.2, -0.15) is 0 Å². The molecule has 106 valence electrons. The summed E-state index contributed by atoms with van der Waals surface area (Å²) in [5, 5.41) is 2.16. The molecule has 2 fully saturated rings. The van der Waals surface area contributed by atoms with E-state index in [2.05, 4.69) is 22.4 Å². The highest BCUT2D eigenvalue weighted by atomic mass is 32.1. The molecule has 0 radical (unpaired) electrons. The molecule has 2 saturated heterocycles. The second-order valence-electron chi connectivity index (χ2n) is 5.84. The molecule has 2 atom stereocenters. The maximum Gasteiger partial charge on any atom is 0.0677 e. The second kappa shape index (κ2) is 5.92. The molecule has 4 heteroatoms. The van der Waals surface area contributed by atoms with Gasteiger partial charge in [-0.1, -0.05) is 6.07 Å². The number of hydrogen-bond donors (Lipinski definition) is 0. The van der Waals surface area contributed by atoms with Crippen LogP contribution in [0.4, 0.5) is 0 Å². The van der Waals surface area contributed by atoms with E-state index in [0.717, 1.165) is 39.3 Å². The Labute approximate surface area is 119 Å². The van der Waals surface area contributed by atoms with Crippen LogP contribution in [0.5, 0.6) is 0 Å². The van der Waals surface area contributed by atoms with Crippen molar-refractivity contribution in [2.24, 2.45) is 5.41 Å². The van der Waals surface area contributed by atoms with Crippen molar-refractivity contribution in [2.45, 2.75) is 31.9 Å². The van der Waals surface area contributed by atoms with Crippen molar-refractivity contribution in [3.8, 4) is 0 Å². The molecule has 0 N–H and O–H groups in total. The third-order valence-corrected chi connectivity index (χ3v) is 5.32. The van der Waals surface area contributed by atoms with E-state index in [1.165, 1.54) is 17.7 Å². The van der Waals surface area contributed by atoms with Crippen LogP contribution in [0.15, 0.2) is 17.5 Å². The van der Waals surface area contributed by atoms with Gasteiger partial charge in [-0.25, -0.2) is 0 Å². The van der Waals surface area contributed by atoms with Crippen LogP contribution in [-0.4, -0.2) is 44.4 Å². The van der Waals surface area contributed by atoms with Crippen LogP contribution in [0.1, 0.15) is 24.1 Å². The Morgan fingerprint density at radius 1 is 1.58 bits per heavy atom. The van der Waals surface area contributed by atoms with E-state index in [0.29, 0.717) is 6.10 Å². The average molecular weight is 281 g/mol. The van der Waals surface area contributed by atoms with Crippen molar-refractivity contribution >= 4 is 11.3 Å². The van der Waals surface area contributed by atoms with Gasteiger partial charge in [0.25, 0.3) is 0 Å². The lowest BCUT2D eigenvalue weighted by Crippen LogP contribution is -2.56. The van der Waals surface area contributed by atoms with Crippen molar-refractivity contribution in [1.82, 2.24) is 4.90 Å². The molecule has 19 heavy (non-hydrogen) atoms. The summed E-state index contributed by atoms with van der Waals surface area (Å²) in [4.78, 5) is 4.04. The third kappa shape index (κ3) is 2.87. The van der Waals surface area contributed by atoms with E-state index in [1.54, 1.807) is 0 Å². The van der Waals surface area contributed by atoms with Crippen LogP contribution in [0, 0.1) is 5.41 Å². The first-order valence-corrected chi connectivity index (χ1v) is 8.06. The van der Waals surface area contributed by atoms with Crippen molar-refractivity contribution in [1.29, 1.82) is 0 Å². The zero-order valence-corrected chi connectivity index (χ0v) is 12.5. The summed E-state index contributed by atoms with van der Waals surface area (Å²) in [6.07, 6.45) is 3.97. The van der Waals surface area contributed by atoms with Gasteiger partial charge in [0.05, 0.1) is 12.7 Å². The number of nitrogens with zero attached hydrogens (tertiary/aromatic N) is 1. The van der Waals surface area contributed by atoms with E-state index in [-0.39, 0.29) is 5.41 Å². The van der Waals surface area contributed by atoms with E-state index in [4.69, 9.17) is 9.47 Å². The van der Waals surface area contributed by atoms with E-state index >= 15 is 0 Å². The van der Waals surface area contributed by atoms with Gasteiger partial charge in [0.1, 0.15) is 0 Å². The Morgan fingerprint density at radius 2 is 2.53 bits per heavy atom. The largest absolute Gasteiger partial charge is 0.384 e. The van der Waals surface area contributed by atoms with Crippen LogP contribution >= 0.6 is 11.3 Å². The van der Waals surface area contributed by atoms with Crippen molar-refractivity contribution in [3.63, 3.8) is 0 Å². The molecule has 0 unspecified atom stereocenters. The average Bonchev–Trinajstić information content (AvgIpc) is 2.91. The molecule has 0 bridgehead atoms.